The summed E-state index contributed by atoms with van der Waals surface area (Å²) >= 11 is 0. The van der Waals surface area contributed by atoms with Crippen molar-refractivity contribution in [2.24, 2.45) is 5.73 Å². The maximum Gasteiger partial charge on any atom is 0.130 e. The summed E-state index contributed by atoms with van der Waals surface area (Å²) in [5.74, 6) is -0.0746. The Labute approximate surface area is 88.0 Å². The van der Waals surface area contributed by atoms with E-state index >= 15 is 0 Å². The SMILES string of the molecule is COc1ccc(C(C)(CN)CF)c(F)c1. The standard InChI is InChI=1S/C11H15F2NO/c1-11(6-12,7-14)9-4-3-8(15-2)5-10(9)13/h3-5H,6-7,14H2,1-2H3. The molecule has 0 fully saturated rings. The largest absolute Gasteiger partial charge is 0.497 e. The Hall–Kier alpha value is -1.16. The van der Waals surface area contributed by atoms with E-state index < -0.39 is 17.9 Å². The molecule has 0 saturated heterocycles. The van der Waals surface area contributed by atoms with Crippen LogP contribution < -0.4 is 10.5 Å². The third kappa shape index (κ3) is 2.26. The third-order valence-corrected chi connectivity index (χ3v) is 2.57. The summed E-state index contributed by atoms with van der Waals surface area (Å²) in [6.07, 6.45) is 0. The number of methoxy groups -OCH3 is 1. The molecule has 2 N–H and O–H groups in total. The van der Waals surface area contributed by atoms with Gasteiger partial charge in [0.05, 0.1) is 7.11 Å². The molecule has 4 heteroatoms. The van der Waals surface area contributed by atoms with Gasteiger partial charge in [0.2, 0.25) is 0 Å². The molecule has 84 valence electrons. The molecule has 0 aliphatic rings. The Morgan fingerprint density at radius 2 is 2.13 bits per heavy atom. The average molecular weight is 215 g/mol. The molecule has 0 saturated carbocycles. The number of ether oxygens (including phenoxy) is 1. The second-order valence-electron chi connectivity index (χ2n) is 3.74. The topological polar surface area (TPSA) is 35.2 Å². The summed E-state index contributed by atoms with van der Waals surface area (Å²) in [7, 11) is 1.45. The maximum absolute atomic E-state index is 13.6. The monoisotopic (exact) mass is 215 g/mol. The second-order valence-corrected chi connectivity index (χ2v) is 3.74. The van der Waals surface area contributed by atoms with Crippen LogP contribution >= 0.6 is 0 Å². The molecular weight excluding hydrogens is 200 g/mol. The van der Waals surface area contributed by atoms with Crippen LogP contribution in [0.1, 0.15) is 12.5 Å². The highest BCUT2D eigenvalue weighted by molar-refractivity contribution is 5.34. The molecule has 1 aromatic rings. The van der Waals surface area contributed by atoms with Gasteiger partial charge in [-0.15, -0.1) is 0 Å². The van der Waals surface area contributed by atoms with Crippen molar-refractivity contribution in [2.75, 3.05) is 20.3 Å². The van der Waals surface area contributed by atoms with Gasteiger partial charge in [-0.2, -0.15) is 0 Å². The first-order valence-electron chi connectivity index (χ1n) is 4.67. The summed E-state index contributed by atoms with van der Waals surface area (Å²) in [5, 5.41) is 0. The predicted octanol–water partition coefficient (Wildman–Crippen LogP) is 2.02. The minimum Gasteiger partial charge on any atom is -0.497 e. The second kappa shape index (κ2) is 4.57. The normalized spacial score (nSPS) is 14.7. The predicted molar refractivity (Wildman–Crippen MR) is 55.3 cm³/mol. The molecule has 1 atom stereocenters. The lowest BCUT2D eigenvalue weighted by molar-refractivity contribution is 0.323. The first kappa shape index (κ1) is 11.9. The van der Waals surface area contributed by atoms with E-state index in [1.807, 2.05) is 0 Å². The van der Waals surface area contributed by atoms with E-state index in [1.54, 1.807) is 13.0 Å². The lowest BCUT2D eigenvalue weighted by Crippen LogP contribution is -2.34. The summed E-state index contributed by atoms with van der Waals surface area (Å²) in [5.41, 5.74) is 4.77. The smallest absolute Gasteiger partial charge is 0.130 e. The molecule has 1 rings (SSSR count). The average Bonchev–Trinajstić information content (AvgIpc) is 2.27. The molecule has 0 heterocycles. The molecule has 15 heavy (non-hydrogen) atoms. The number of benzene rings is 1. The fourth-order valence-corrected chi connectivity index (χ4v) is 1.35. The lowest BCUT2D eigenvalue weighted by Gasteiger charge is -2.25. The summed E-state index contributed by atoms with van der Waals surface area (Å²) in [4.78, 5) is 0. The molecule has 0 aromatic heterocycles. The van der Waals surface area contributed by atoms with Gasteiger partial charge in [-0.05, 0) is 11.6 Å². The van der Waals surface area contributed by atoms with Gasteiger partial charge in [0, 0.05) is 18.0 Å². The fraction of sp³-hybridized carbons (Fsp3) is 0.455. The van der Waals surface area contributed by atoms with Crippen molar-refractivity contribution in [3.8, 4) is 5.75 Å². The molecule has 2 nitrogen and oxygen atoms in total. The van der Waals surface area contributed by atoms with Crippen LogP contribution in [-0.2, 0) is 5.41 Å². The van der Waals surface area contributed by atoms with Crippen LogP contribution in [-0.4, -0.2) is 20.3 Å². The number of alkyl halides is 1. The van der Waals surface area contributed by atoms with E-state index in [2.05, 4.69) is 0 Å². The van der Waals surface area contributed by atoms with Crippen molar-refractivity contribution < 1.29 is 13.5 Å². The Morgan fingerprint density at radius 1 is 1.47 bits per heavy atom. The van der Waals surface area contributed by atoms with Crippen LogP contribution in [0.25, 0.3) is 0 Å². The van der Waals surface area contributed by atoms with E-state index in [-0.39, 0.29) is 12.1 Å². The van der Waals surface area contributed by atoms with Crippen molar-refractivity contribution in [1.29, 1.82) is 0 Å². The van der Waals surface area contributed by atoms with Gasteiger partial charge in [0.1, 0.15) is 18.2 Å². The van der Waals surface area contributed by atoms with Gasteiger partial charge in [-0.25, -0.2) is 4.39 Å². The van der Waals surface area contributed by atoms with E-state index in [9.17, 15) is 8.78 Å². The maximum atomic E-state index is 13.6. The van der Waals surface area contributed by atoms with E-state index in [1.165, 1.54) is 19.2 Å². The summed E-state index contributed by atoms with van der Waals surface area (Å²) in [6.45, 7) is 0.970. The first-order chi connectivity index (χ1) is 7.07. The molecular formula is C11H15F2NO. The molecule has 0 aliphatic heterocycles. The minimum absolute atomic E-state index is 0.0623. The first-order valence-corrected chi connectivity index (χ1v) is 4.67. The molecule has 0 radical (unpaired) electrons. The van der Waals surface area contributed by atoms with Gasteiger partial charge in [0.25, 0.3) is 0 Å². The van der Waals surface area contributed by atoms with Crippen LogP contribution in [0.5, 0.6) is 5.75 Å². The van der Waals surface area contributed by atoms with Crippen LogP contribution in [0, 0.1) is 5.82 Å². The van der Waals surface area contributed by atoms with Gasteiger partial charge in [-0.3, -0.25) is 4.39 Å². The zero-order valence-electron chi connectivity index (χ0n) is 8.89. The summed E-state index contributed by atoms with van der Waals surface area (Å²) < 4.78 is 31.3. The zero-order chi connectivity index (χ0) is 11.5. The Morgan fingerprint density at radius 3 is 2.53 bits per heavy atom. The van der Waals surface area contributed by atoms with Gasteiger partial charge >= 0.3 is 0 Å². The molecule has 0 amide bonds. The fourth-order valence-electron chi connectivity index (χ4n) is 1.35. The molecule has 0 bridgehead atoms. The quantitative estimate of drug-likeness (QED) is 0.834. The summed E-state index contributed by atoms with van der Waals surface area (Å²) in [6, 6.07) is 4.35. The highest BCUT2D eigenvalue weighted by Gasteiger charge is 2.28. The van der Waals surface area contributed by atoms with Crippen LogP contribution in [0.3, 0.4) is 0 Å². The molecule has 1 aromatic carbocycles. The highest BCUT2D eigenvalue weighted by Crippen LogP contribution is 2.28. The lowest BCUT2D eigenvalue weighted by atomic mass is 9.83. The third-order valence-electron chi connectivity index (χ3n) is 2.57. The molecule has 0 aliphatic carbocycles. The van der Waals surface area contributed by atoms with Crippen LogP contribution in [0.4, 0.5) is 8.78 Å². The van der Waals surface area contributed by atoms with E-state index in [0.29, 0.717) is 5.75 Å². The molecule has 0 spiro atoms. The minimum atomic E-state index is -0.962. The number of hydrogen-bond donors (Lipinski definition) is 1. The number of rotatable bonds is 4. The van der Waals surface area contributed by atoms with Gasteiger partial charge in [0.15, 0.2) is 0 Å². The van der Waals surface area contributed by atoms with Crippen LogP contribution in [0.2, 0.25) is 0 Å². The van der Waals surface area contributed by atoms with Crippen molar-refractivity contribution in [1.82, 2.24) is 0 Å². The van der Waals surface area contributed by atoms with E-state index in [4.69, 9.17) is 10.5 Å². The number of halogens is 2. The Bertz CT molecular complexity index is 337. The Kier molecular flexibility index (Phi) is 3.63. The van der Waals surface area contributed by atoms with Gasteiger partial charge < -0.3 is 10.5 Å². The Balaban J connectivity index is 3.14. The molecule has 1 unspecified atom stereocenters. The van der Waals surface area contributed by atoms with Gasteiger partial charge in [-0.1, -0.05) is 13.0 Å². The van der Waals surface area contributed by atoms with Crippen LogP contribution in [0.15, 0.2) is 18.2 Å². The van der Waals surface area contributed by atoms with Crippen molar-refractivity contribution in [3.63, 3.8) is 0 Å². The zero-order valence-corrected chi connectivity index (χ0v) is 8.89. The number of nitrogens with two attached hydrogens (primary N) is 1. The number of hydrogen-bond acceptors (Lipinski definition) is 2. The highest BCUT2D eigenvalue weighted by atomic mass is 19.1. The van der Waals surface area contributed by atoms with Crippen molar-refractivity contribution in [2.45, 2.75) is 12.3 Å². The van der Waals surface area contributed by atoms with E-state index in [0.717, 1.165) is 0 Å². The van der Waals surface area contributed by atoms with Crippen molar-refractivity contribution >= 4 is 0 Å². The van der Waals surface area contributed by atoms with Crippen molar-refractivity contribution in [3.05, 3.63) is 29.6 Å².